The topological polar surface area (TPSA) is 176 Å². The summed E-state index contributed by atoms with van der Waals surface area (Å²) in [5.41, 5.74) is 2.00. The average Bonchev–Trinajstić information content (AvgIpc) is 3.88. The molecule has 0 aliphatic carbocycles. The zero-order valence-electron chi connectivity index (χ0n) is 24.7. The van der Waals surface area contributed by atoms with Gasteiger partial charge in [0.2, 0.25) is 11.8 Å². The van der Waals surface area contributed by atoms with Crippen LogP contribution in [0, 0.1) is 0 Å². The van der Waals surface area contributed by atoms with Crippen molar-refractivity contribution >= 4 is 22.9 Å². The number of aliphatic hydroxyl groups is 3. The van der Waals surface area contributed by atoms with Gasteiger partial charge in [-0.15, -0.1) is 10.2 Å². The standard InChI is InChI=1S/C29H39N11O4/c1-2-40-35-26(34-36-40)24-22(42)23(43)28(44-24)39-17-30-21-25(31-19(16-41)14-18-8-4-3-5-9-18)32-29(33-27(21)39)38-13-10-20(15-38)37-11-6-7-12-37/h3-5,8-9,17,19-20,22-24,28,41-43H,2,6-7,10-16H2,1H3,(H,31,32,33)/t19-,20+,22-,23+,24-,28+/m0/s1. The number of hydrogen-bond donors (Lipinski definition) is 4. The molecule has 1 aromatic carbocycles. The Morgan fingerprint density at radius 2 is 1.89 bits per heavy atom. The van der Waals surface area contributed by atoms with Crippen molar-refractivity contribution in [1.82, 2.24) is 44.6 Å². The van der Waals surface area contributed by atoms with E-state index >= 15 is 0 Å². The molecule has 44 heavy (non-hydrogen) atoms. The largest absolute Gasteiger partial charge is 0.394 e. The van der Waals surface area contributed by atoms with Crippen molar-refractivity contribution in [2.75, 3.05) is 43.0 Å². The molecule has 15 heteroatoms. The van der Waals surface area contributed by atoms with Crippen molar-refractivity contribution in [3.05, 3.63) is 48.0 Å². The van der Waals surface area contributed by atoms with Crippen molar-refractivity contribution in [2.45, 2.75) is 75.8 Å². The van der Waals surface area contributed by atoms with Crippen molar-refractivity contribution < 1.29 is 20.1 Å². The summed E-state index contributed by atoms with van der Waals surface area (Å²) in [6.45, 7) is 6.15. The van der Waals surface area contributed by atoms with Crippen molar-refractivity contribution in [3.63, 3.8) is 0 Å². The van der Waals surface area contributed by atoms with Crippen LogP contribution < -0.4 is 10.2 Å². The molecule has 0 unspecified atom stereocenters. The van der Waals surface area contributed by atoms with E-state index in [-0.39, 0.29) is 18.5 Å². The van der Waals surface area contributed by atoms with E-state index in [0.29, 0.717) is 41.9 Å². The van der Waals surface area contributed by atoms with Crippen LogP contribution in [0.4, 0.5) is 11.8 Å². The summed E-state index contributed by atoms with van der Waals surface area (Å²) < 4.78 is 7.78. The fourth-order valence-corrected chi connectivity index (χ4v) is 6.52. The number of fused-ring (bicyclic) bond motifs is 1. The van der Waals surface area contributed by atoms with E-state index in [1.807, 2.05) is 37.3 Å². The second-order valence-corrected chi connectivity index (χ2v) is 11.8. The monoisotopic (exact) mass is 605 g/mol. The SMILES string of the molecule is CCn1nnc([C@H]2O[C@@H](n3cnc4c(N[C@H](CO)Cc5ccccc5)nc(N5CC[C@@H](N6CCCC6)C5)nc43)[C@H](O)[C@@H]2O)n1. The molecule has 0 radical (unpaired) electrons. The van der Waals surface area contributed by atoms with Gasteiger partial charge in [-0.2, -0.15) is 14.8 Å². The van der Waals surface area contributed by atoms with Gasteiger partial charge in [0.05, 0.1) is 25.5 Å². The second kappa shape index (κ2) is 12.3. The van der Waals surface area contributed by atoms with Crippen LogP contribution in [0.15, 0.2) is 36.7 Å². The van der Waals surface area contributed by atoms with Crippen LogP contribution in [0.25, 0.3) is 11.2 Å². The number of nitrogens with one attached hydrogen (secondary N) is 1. The number of aliphatic hydroxyl groups excluding tert-OH is 3. The van der Waals surface area contributed by atoms with Crippen LogP contribution in [0.3, 0.4) is 0 Å². The number of rotatable bonds is 10. The fourth-order valence-electron chi connectivity index (χ4n) is 6.52. The van der Waals surface area contributed by atoms with Crippen molar-refractivity contribution in [3.8, 4) is 0 Å². The number of aromatic nitrogens is 8. The van der Waals surface area contributed by atoms with E-state index < -0.39 is 24.5 Å². The predicted octanol–water partition coefficient (Wildman–Crippen LogP) is 0.515. The lowest BCUT2D eigenvalue weighted by Gasteiger charge is -2.24. The average molecular weight is 606 g/mol. The highest BCUT2D eigenvalue weighted by Gasteiger charge is 2.47. The summed E-state index contributed by atoms with van der Waals surface area (Å²) >= 11 is 0. The van der Waals surface area contributed by atoms with Gasteiger partial charge in [0.15, 0.2) is 29.3 Å². The van der Waals surface area contributed by atoms with E-state index in [1.54, 1.807) is 4.57 Å². The molecule has 3 fully saturated rings. The van der Waals surface area contributed by atoms with Gasteiger partial charge in [-0.3, -0.25) is 9.47 Å². The molecule has 6 atom stereocenters. The Morgan fingerprint density at radius 1 is 1.07 bits per heavy atom. The molecule has 0 bridgehead atoms. The van der Waals surface area contributed by atoms with Gasteiger partial charge in [-0.25, -0.2) is 4.98 Å². The summed E-state index contributed by atoms with van der Waals surface area (Å²) in [5.74, 6) is 1.22. The van der Waals surface area contributed by atoms with E-state index in [0.717, 1.165) is 38.2 Å². The first-order valence-electron chi connectivity index (χ1n) is 15.5. The van der Waals surface area contributed by atoms with E-state index in [2.05, 4.69) is 35.5 Å². The highest BCUT2D eigenvalue weighted by molar-refractivity contribution is 5.84. The quantitative estimate of drug-likeness (QED) is 0.197. The number of hydrogen-bond acceptors (Lipinski definition) is 13. The zero-order chi connectivity index (χ0) is 30.2. The fraction of sp³-hybridized carbons (Fsp3) is 0.586. The minimum Gasteiger partial charge on any atom is -0.394 e. The maximum absolute atomic E-state index is 11.1. The Labute approximate surface area is 254 Å². The smallest absolute Gasteiger partial charge is 0.229 e. The first-order valence-corrected chi connectivity index (χ1v) is 15.5. The molecule has 3 aliphatic rings. The number of likely N-dealkylation sites (tertiary alicyclic amines) is 1. The molecular formula is C29H39N11O4. The first kappa shape index (κ1) is 29.0. The first-order chi connectivity index (χ1) is 21.5. The van der Waals surface area contributed by atoms with Crippen LogP contribution >= 0.6 is 0 Å². The third-order valence-electron chi connectivity index (χ3n) is 8.92. The summed E-state index contributed by atoms with van der Waals surface area (Å²) in [7, 11) is 0. The molecule has 0 spiro atoms. The Kier molecular flexibility index (Phi) is 8.12. The van der Waals surface area contributed by atoms with Crippen LogP contribution in [0.2, 0.25) is 0 Å². The van der Waals surface area contributed by atoms with Crippen LogP contribution in [0.1, 0.15) is 49.9 Å². The summed E-state index contributed by atoms with van der Waals surface area (Å²) in [6.07, 6.45) is 1.06. The Balaban J connectivity index is 1.22. The van der Waals surface area contributed by atoms with Crippen molar-refractivity contribution in [2.24, 2.45) is 0 Å². The molecule has 7 rings (SSSR count). The van der Waals surface area contributed by atoms with Crippen LogP contribution in [0.5, 0.6) is 0 Å². The van der Waals surface area contributed by atoms with Gasteiger partial charge in [0.25, 0.3) is 0 Å². The highest BCUT2D eigenvalue weighted by atomic mass is 16.6. The predicted molar refractivity (Wildman–Crippen MR) is 160 cm³/mol. The number of nitrogens with zero attached hydrogens (tertiary/aromatic N) is 10. The second-order valence-electron chi connectivity index (χ2n) is 11.8. The number of tetrazole rings is 1. The van der Waals surface area contributed by atoms with Gasteiger partial charge in [-0.05, 0) is 56.5 Å². The molecule has 4 N–H and O–H groups in total. The Morgan fingerprint density at radius 3 is 2.64 bits per heavy atom. The Bertz CT molecular complexity index is 1560. The lowest BCUT2D eigenvalue weighted by molar-refractivity contribution is -0.0384. The molecular weight excluding hydrogens is 566 g/mol. The van der Waals surface area contributed by atoms with Gasteiger partial charge in [0, 0.05) is 19.1 Å². The molecule has 0 saturated carbocycles. The maximum atomic E-state index is 11.1. The van der Waals surface area contributed by atoms with Gasteiger partial charge in [0.1, 0.15) is 12.2 Å². The van der Waals surface area contributed by atoms with Crippen LogP contribution in [-0.2, 0) is 17.7 Å². The molecule has 0 amide bonds. The molecule has 4 aromatic rings. The molecule has 3 saturated heterocycles. The third kappa shape index (κ3) is 5.49. The number of imidazole rings is 1. The number of benzene rings is 1. The maximum Gasteiger partial charge on any atom is 0.229 e. The zero-order valence-corrected chi connectivity index (χ0v) is 24.7. The molecule has 3 aromatic heterocycles. The van der Waals surface area contributed by atoms with E-state index in [9.17, 15) is 15.3 Å². The summed E-state index contributed by atoms with van der Waals surface area (Å²) in [6, 6.07) is 10.1. The highest BCUT2D eigenvalue weighted by Crippen LogP contribution is 2.39. The van der Waals surface area contributed by atoms with Gasteiger partial charge >= 0.3 is 0 Å². The third-order valence-corrected chi connectivity index (χ3v) is 8.92. The lowest BCUT2D eigenvalue weighted by Crippen LogP contribution is -2.35. The molecule has 6 heterocycles. The summed E-state index contributed by atoms with van der Waals surface area (Å²) in [5, 5.41) is 48.0. The lowest BCUT2D eigenvalue weighted by atomic mass is 10.1. The Hall–Kier alpha value is -3.76. The van der Waals surface area contributed by atoms with Gasteiger partial charge in [-0.1, -0.05) is 30.3 Å². The normalized spacial score (nSPS) is 26.6. The number of anilines is 2. The minimum absolute atomic E-state index is 0.110. The number of ether oxygens (including phenoxy) is 1. The van der Waals surface area contributed by atoms with E-state index in [4.69, 9.17) is 14.7 Å². The minimum atomic E-state index is -1.30. The van der Waals surface area contributed by atoms with Crippen LogP contribution in [-0.4, -0.2) is 117 Å². The van der Waals surface area contributed by atoms with E-state index in [1.165, 1.54) is 24.0 Å². The molecule has 3 aliphatic heterocycles. The van der Waals surface area contributed by atoms with Crippen molar-refractivity contribution in [1.29, 1.82) is 0 Å². The summed E-state index contributed by atoms with van der Waals surface area (Å²) in [4.78, 5) is 20.6. The molecule has 15 nitrogen and oxygen atoms in total. The van der Waals surface area contributed by atoms with Gasteiger partial charge < -0.3 is 30.3 Å². The molecule has 234 valence electrons. The number of aryl methyl sites for hydroxylation is 1.